The molecule has 2 aromatic rings. The Morgan fingerprint density at radius 1 is 0.944 bits per heavy atom. The summed E-state index contributed by atoms with van der Waals surface area (Å²) in [6, 6.07) is 14.2. The topological polar surface area (TPSA) is 35.8 Å². The molecule has 18 heavy (non-hydrogen) atoms. The van der Waals surface area contributed by atoms with Crippen molar-refractivity contribution in [1.82, 2.24) is 0 Å². The summed E-state index contributed by atoms with van der Waals surface area (Å²) in [5.41, 5.74) is 6.17. The normalized spacial score (nSPS) is 9.89. The molecule has 0 aliphatic rings. The highest BCUT2D eigenvalue weighted by Crippen LogP contribution is 2.25. The summed E-state index contributed by atoms with van der Waals surface area (Å²) in [5.74, 6) is 0. The van der Waals surface area contributed by atoms with E-state index in [1.807, 2.05) is 31.2 Å². The molecule has 2 nitrogen and oxygen atoms in total. The second kappa shape index (κ2) is 4.93. The van der Waals surface area contributed by atoms with Crippen LogP contribution in [0.5, 0.6) is 0 Å². The summed E-state index contributed by atoms with van der Waals surface area (Å²) < 4.78 is 0. The van der Waals surface area contributed by atoms with Crippen molar-refractivity contribution in [3.8, 4) is 6.07 Å². The van der Waals surface area contributed by atoms with Crippen LogP contribution >= 0.6 is 0 Å². The van der Waals surface area contributed by atoms with E-state index in [9.17, 15) is 0 Å². The van der Waals surface area contributed by atoms with Gasteiger partial charge in [0.25, 0.3) is 0 Å². The zero-order valence-corrected chi connectivity index (χ0v) is 10.9. The second-order valence-corrected chi connectivity index (χ2v) is 4.53. The number of hydrogen-bond donors (Lipinski definition) is 1. The van der Waals surface area contributed by atoms with Gasteiger partial charge in [0.1, 0.15) is 6.07 Å². The van der Waals surface area contributed by atoms with Crippen LogP contribution in [0.1, 0.15) is 22.3 Å². The fourth-order valence-electron chi connectivity index (χ4n) is 1.89. The smallest absolute Gasteiger partial charge is 0.101 e. The van der Waals surface area contributed by atoms with E-state index in [-0.39, 0.29) is 0 Å². The van der Waals surface area contributed by atoms with Gasteiger partial charge in [0, 0.05) is 5.69 Å². The van der Waals surface area contributed by atoms with Crippen LogP contribution in [0, 0.1) is 32.1 Å². The maximum absolute atomic E-state index is 9.13. The summed E-state index contributed by atoms with van der Waals surface area (Å²) in [5, 5.41) is 12.5. The van der Waals surface area contributed by atoms with Crippen LogP contribution in [0.4, 0.5) is 11.4 Å². The molecule has 0 unspecified atom stereocenters. The predicted octanol–water partition coefficient (Wildman–Crippen LogP) is 4.23. The lowest BCUT2D eigenvalue weighted by Crippen LogP contribution is -1.97. The van der Waals surface area contributed by atoms with Gasteiger partial charge in [0.2, 0.25) is 0 Å². The SMILES string of the molecule is Cc1ccc(Nc2c(C)cccc2C#N)cc1C. The first-order chi connectivity index (χ1) is 8.61. The first-order valence-corrected chi connectivity index (χ1v) is 5.96. The fourth-order valence-corrected chi connectivity index (χ4v) is 1.89. The molecule has 0 fully saturated rings. The molecule has 0 atom stereocenters. The molecule has 0 amide bonds. The van der Waals surface area contributed by atoms with Crippen LogP contribution in [0.2, 0.25) is 0 Å². The molecule has 90 valence electrons. The third-order valence-corrected chi connectivity index (χ3v) is 3.17. The molecule has 0 aliphatic heterocycles. The highest BCUT2D eigenvalue weighted by Gasteiger charge is 2.05. The van der Waals surface area contributed by atoms with E-state index < -0.39 is 0 Å². The van der Waals surface area contributed by atoms with Crippen LogP contribution in [0.3, 0.4) is 0 Å². The molecule has 0 aliphatic carbocycles. The highest BCUT2D eigenvalue weighted by molar-refractivity contribution is 5.70. The van der Waals surface area contributed by atoms with Crippen molar-refractivity contribution in [2.75, 3.05) is 5.32 Å². The van der Waals surface area contributed by atoms with Crippen molar-refractivity contribution in [3.63, 3.8) is 0 Å². The van der Waals surface area contributed by atoms with E-state index in [1.165, 1.54) is 11.1 Å². The minimum absolute atomic E-state index is 0.674. The lowest BCUT2D eigenvalue weighted by Gasteiger charge is -2.12. The molecule has 0 bridgehead atoms. The summed E-state index contributed by atoms with van der Waals surface area (Å²) >= 11 is 0. The number of anilines is 2. The molecule has 2 rings (SSSR count). The largest absolute Gasteiger partial charge is 0.354 e. The van der Waals surface area contributed by atoms with E-state index in [0.29, 0.717) is 5.56 Å². The number of benzene rings is 2. The van der Waals surface area contributed by atoms with Gasteiger partial charge in [-0.15, -0.1) is 0 Å². The minimum Gasteiger partial charge on any atom is -0.354 e. The summed E-state index contributed by atoms with van der Waals surface area (Å²) in [6.45, 7) is 6.18. The van der Waals surface area contributed by atoms with Gasteiger partial charge in [-0.3, -0.25) is 0 Å². The van der Waals surface area contributed by atoms with Crippen molar-refractivity contribution < 1.29 is 0 Å². The first kappa shape index (κ1) is 12.2. The Morgan fingerprint density at radius 2 is 1.72 bits per heavy atom. The van der Waals surface area contributed by atoms with Gasteiger partial charge in [-0.1, -0.05) is 18.2 Å². The minimum atomic E-state index is 0.674. The van der Waals surface area contributed by atoms with Crippen LogP contribution in [-0.4, -0.2) is 0 Å². The molecule has 0 heterocycles. The molecular formula is C16H16N2. The Labute approximate surface area is 108 Å². The number of hydrogen-bond acceptors (Lipinski definition) is 2. The number of rotatable bonds is 2. The van der Waals surface area contributed by atoms with E-state index >= 15 is 0 Å². The van der Waals surface area contributed by atoms with Gasteiger partial charge < -0.3 is 5.32 Å². The van der Waals surface area contributed by atoms with Gasteiger partial charge in [0.15, 0.2) is 0 Å². The van der Waals surface area contributed by atoms with Gasteiger partial charge in [-0.2, -0.15) is 5.26 Å². The van der Waals surface area contributed by atoms with Crippen LogP contribution < -0.4 is 5.32 Å². The molecular weight excluding hydrogens is 220 g/mol. The number of nitrogens with one attached hydrogen (secondary N) is 1. The van der Waals surface area contributed by atoms with Gasteiger partial charge in [-0.05, 0) is 55.7 Å². The number of nitriles is 1. The van der Waals surface area contributed by atoms with E-state index in [1.54, 1.807) is 0 Å². The Balaban J connectivity index is 2.40. The monoisotopic (exact) mass is 236 g/mol. The molecule has 0 spiro atoms. The number of aryl methyl sites for hydroxylation is 3. The van der Waals surface area contributed by atoms with Crippen molar-refractivity contribution in [2.24, 2.45) is 0 Å². The average molecular weight is 236 g/mol. The van der Waals surface area contributed by atoms with Gasteiger partial charge in [0.05, 0.1) is 11.3 Å². The first-order valence-electron chi connectivity index (χ1n) is 5.96. The maximum atomic E-state index is 9.13. The van der Waals surface area contributed by atoms with Crippen LogP contribution in [-0.2, 0) is 0 Å². The molecule has 2 aromatic carbocycles. The fraction of sp³-hybridized carbons (Fsp3) is 0.188. The Kier molecular flexibility index (Phi) is 3.34. The third kappa shape index (κ3) is 2.36. The quantitative estimate of drug-likeness (QED) is 0.847. The molecule has 2 heteroatoms. The molecule has 0 saturated carbocycles. The van der Waals surface area contributed by atoms with Crippen molar-refractivity contribution in [1.29, 1.82) is 5.26 Å². The van der Waals surface area contributed by atoms with Crippen LogP contribution in [0.15, 0.2) is 36.4 Å². The Morgan fingerprint density at radius 3 is 2.39 bits per heavy atom. The summed E-state index contributed by atoms with van der Waals surface area (Å²) in [7, 11) is 0. The third-order valence-electron chi connectivity index (χ3n) is 3.17. The van der Waals surface area contributed by atoms with Crippen molar-refractivity contribution >= 4 is 11.4 Å². The van der Waals surface area contributed by atoms with Crippen molar-refractivity contribution in [2.45, 2.75) is 20.8 Å². The zero-order chi connectivity index (χ0) is 13.1. The predicted molar refractivity (Wildman–Crippen MR) is 75.1 cm³/mol. The lowest BCUT2D eigenvalue weighted by molar-refractivity contribution is 1.33. The molecule has 0 aromatic heterocycles. The highest BCUT2D eigenvalue weighted by atomic mass is 14.9. The molecule has 0 radical (unpaired) electrons. The standard InChI is InChI=1S/C16H16N2/c1-11-7-8-15(9-13(11)3)18-16-12(2)5-4-6-14(16)10-17/h4-9,18H,1-3H3. The molecule has 1 N–H and O–H groups in total. The summed E-state index contributed by atoms with van der Waals surface area (Å²) in [6.07, 6.45) is 0. The van der Waals surface area contributed by atoms with E-state index in [0.717, 1.165) is 16.9 Å². The van der Waals surface area contributed by atoms with Gasteiger partial charge >= 0.3 is 0 Å². The van der Waals surface area contributed by atoms with E-state index in [4.69, 9.17) is 5.26 Å². The zero-order valence-electron chi connectivity index (χ0n) is 10.9. The summed E-state index contributed by atoms with van der Waals surface area (Å²) in [4.78, 5) is 0. The van der Waals surface area contributed by atoms with Crippen molar-refractivity contribution in [3.05, 3.63) is 58.7 Å². The van der Waals surface area contributed by atoms with Crippen LogP contribution in [0.25, 0.3) is 0 Å². The lowest BCUT2D eigenvalue weighted by atomic mass is 10.1. The Bertz CT molecular complexity index is 621. The number of para-hydroxylation sites is 1. The maximum Gasteiger partial charge on any atom is 0.101 e. The number of nitrogens with zero attached hydrogens (tertiary/aromatic N) is 1. The second-order valence-electron chi connectivity index (χ2n) is 4.53. The Hall–Kier alpha value is -2.27. The average Bonchev–Trinajstić information content (AvgIpc) is 2.36. The molecule has 0 saturated heterocycles. The van der Waals surface area contributed by atoms with E-state index in [2.05, 4.69) is 37.4 Å². The van der Waals surface area contributed by atoms with Gasteiger partial charge in [-0.25, -0.2) is 0 Å².